The van der Waals surface area contributed by atoms with E-state index in [1.165, 1.54) is 11.8 Å². The monoisotopic (exact) mass is 581 g/mol. The zero-order valence-electron chi connectivity index (χ0n) is 24.2. The number of nitriles is 1. The molecule has 2 saturated heterocycles. The van der Waals surface area contributed by atoms with Gasteiger partial charge in [-0.3, -0.25) is 19.2 Å². The van der Waals surface area contributed by atoms with Gasteiger partial charge in [0.1, 0.15) is 18.1 Å². The van der Waals surface area contributed by atoms with Crippen molar-refractivity contribution in [2.75, 3.05) is 6.54 Å². The normalized spacial score (nSPS) is 34.0. The van der Waals surface area contributed by atoms with Crippen molar-refractivity contribution in [2.24, 2.45) is 22.2 Å². The summed E-state index contributed by atoms with van der Waals surface area (Å²) in [5.74, 6) is -4.27. The highest BCUT2D eigenvalue weighted by molar-refractivity contribution is 5.96. The number of amides is 4. The highest BCUT2D eigenvalue weighted by Gasteiger charge is 3.02. The van der Waals surface area contributed by atoms with Gasteiger partial charge in [0, 0.05) is 28.8 Å². The predicted molar refractivity (Wildman–Crippen MR) is 137 cm³/mol. The molecule has 3 saturated carbocycles. The van der Waals surface area contributed by atoms with E-state index >= 15 is 0 Å². The van der Waals surface area contributed by atoms with Crippen molar-refractivity contribution in [3.8, 4) is 6.07 Å². The minimum atomic E-state index is -5.23. The average Bonchev–Trinajstić information content (AvgIpc) is 3.74. The fourth-order valence-electron chi connectivity index (χ4n) is 8.01. The Morgan fingerprint density at radius 3 is 2.32 bits per heavy atom. The molecule has 13 heteroatoms. The number of alkyl halides is 3. The van der Waals surface area contributed by atoms with Crippen molar-refractivity contribution >= 4 is 23.6 Å². The molecule has 3 aliphatic carbocycles. The molecular weight excluding hydrogens is 543 g/mol. The number of hydrogen-bond donors (Lipinski definition) is 3. The van der Waals surface area contributed by atoms with E-state index in [2.05, 4.69) is 16.7 Å². The quantitative estimate of drug-likeness (QED) is 0.400. The van der Waals surface area contributed by atoms with Crippen LogP contribution in [0.4, 0.5) is 13.2 Å². The van der Waals surface area contributed by atoms with Crippen molar-refractivity contribution in [3.05, 3.63) is 0 Å². The van der Waals surface area contributed by atoms with Gasteiger partial charge in [-0.2, -0.15) is 18.4 Å². The van der Waals surface area contributed by atoms with Gasteiger partial charge in [0.15, 0.2) is 0 Å². The van der Waals surface area contributed by atoms with Crippen LogP contribution in [0.5, 0.6) is 0 Å². The molecule has 0 aromatic heterocycles. The molecule has 0 unspecified atom stereocenters. The molecule has 0 aromatic carbocycles. The molecule has 3 N–H and O–H groups in total. The largest absolute Gasteiger partial charge is 0.471 e. The van der Waals surface area contributed by atoms with Crippen LogP contribution in [0.25, 0.3) is 0 Å². The summed E-state index contributed by atoms with van der Waals surface area (Å²) >= 11 is 0. The zero-order valence-corrected chi connectivity index (χ0v) is 24.2. The lowest BCUT2D eigenvalue weighted by Crippen LogP contribution is -2.63. The number of hydrogen-bond acceptors (Lipinski definition) is 6. The third-order valence-corrected chi connectivity index (χ3v) is 10.4. The summed E-state index contributed by atoms with van der Waals surface area (Å²) in [5.41, 5.74) is -2.25. The number of nitrogens with one attached hydrogen (secondary N) is 3. The van der Waals surface area contributed by atoms with E-state index in [0.29, 0.717) is 12.8 Å². The van der Waals surface area contributed by atoms with Crippen molar-refractivity contribution in [1.82, 2.24) is 20.9 Å². The van der Waals surface area contributed by atoms with Crippen LogP contribution in [0.2, 0.25) is 0 Å². The maximum Gasteiger partial charge on any atom is 0.471 e. The lowest BCUT2D eigenvalue weighted by Gasteiger charge is -2.42. The molecule has 0 bridgehead atoms. The minimum absolute atomic E-state index is 0.124. The molecular formula is C28H38F3N5O5. The average molecular weight is 582 g/mol. The summed E-state index contributed by atoms with van der Waals surface area (Å²) in [6.45, 7) is 10.5. The molecule has 4 amide bonds. The van der Waals surface area contributed by atoms with Gasteiger partial charge < -0.3 is 25.6 Å². The number of carbonyl (C=O) groups is 4. The fraction of sp³-hybridized carbons (Fsp3) is 0.821. The molecule has 7 atom stereocenters. The second-order valence-electron chi connectivity index (χ2n) is 14.2. The van der Waals surface area contributed by atoms with Crippen LogP contribution in [0.1, 0.15) is 73.6 Å². The lowest BCUT2D eigenvalue weighted by atomic mass is 9.80. The van der Waals surface area contributed by atoms with Gasteiger partial charge in [0.2, 0.25) is 17.7 Å². The van der Waals surface area contributed by atoms with Crippen molar-refractivity contribution in [3.63, 3.8) is 0 Å². The first-order valence-electron chi connectivity index (χ1n) is 14.1. The third kappa shape index (κ3) is 4.48. The van der Waals surface area contributed by atoms with Crippen molar-refractivity contribution in [1.29, 1.82) is 5.26 Å². The SMILES string of the molecule is C[C@H](OC(C)(C)C)[C@H](NC(=O)C(F)(F)F)C(=O)N1C[C@]23C[C@]2([C@H]1C(=O)N[C@H](C#N)C[C@@H]1CC2(CC2)NC1=O)C3(C)C. The van der Waals surface area contributed by atoms with Crippen molar-refractivity contribution < 1.29 is 37.1 Å². The van der Waals surface area contributed by atoms with E-state index in [9.17, 15) is 37.6 Å². The van der Waals surface area contributed by atoms with Gasteiger partial charge in [-0.25, -0.2) is 0 Å². The van der Waals surface area contributed by atoms with Crippen LogP contribution >= 0.6 is 0 Å². The fourth-order valence-corrected chi connectivity index (χ4v) is 8.01. The molecule has 5 aliphatic rings. The molecule has 0 radical (unpaired) electrons. The van der Waals surface area contributed by atoms with Crippen LogP contribution in [0.15, 0.2) is 0 Å². The Kier molecular flexibility index (Phi) is 6.37. The number of halogens is 3. The summed E-state index contributed by atoms with van der Waals surface area (Å²) in [6.07, 6.45) is -3.19. The highest BCUT2D eigenvalue weighted by Crippen LogP contribution is 3.00. The second kappa shape index (κ2) is 8.82. The number of carbonyl (C=O) groups excluding carboxylic acids is 4. The Balaban J connectivity index is 1.37. The first-order valence-corrected chi connectivity index (χ1v) is 14.1. The molecule has 226 valence electrons. The summed E-state index contributed by atoms with van der Waals surface area (Å²) in [6, 6.07) is -1.67. The summed E-state index contributed by atoms with van der Waals surface area (Å²) in [7, 11) is 0. The number of nitrogens with zero attached hydrogens (tertiary/aromatic N) is 2. The molecule has 2 heterocycles. The van der Waals surface area contributed by atoms with Crippen LogP contribution in [0, 0.1) is 33.5 Å². The number of piperidine rings is 2. The second-order valence-corrected chi connectivity index (χ2v) is 14.2. The standard InChI is InChI=1S/C28H38F3N5O5/c1-14(41-23(2,3)4)17(34-22(40)28(29,30)31)21(39)36-13-26-12-27(26,24(26,5)6)18(36)20(38)33-16(11-32)9-15-10-25(7-8-25)35-19(15)37/h14-18H,7-10,12-13H2,1-6H3,(H,33,38)(H,34,40)(H,35,37)/t14-,15+,16-,17-,18+,26-,27-/m0/s1. The number of rotatable bonds is 8. The third-order valence-electron chi connectivity index (χ3n) is 10.4. The minimum Gasteiger partial charge on any atom is -0.370 e. The van der Waals surface area contributed by atoms with Gasteiger partial charge in [0.25, 0.3) is 0 Å². The molecule has 1 spiro atoms. The molecule has 10 nitrogen and oxygen atoms in total. The maximum absolute atomic E-state index is 13.9. The van der Waals surface area contributed by atoms with E-state index < -0.39 is 65.1 Å². The van der Waals surface area contributed by atoms with Gasteiger partial charge in [-0.05, 0) is 65.2 Å². The van der Waals surface area contributed by atoms with E-state index in [-0.39, 0.29) is 35.2 Å². The van der Waals surface area contributed by atoms with E-state index in [1.54, 1.807) is 26.1 Å². The predicted octanol–water partition coefficient (Wildman–Crippen LogP) is 1.93. The Labute approximate surface area is 237 Å². The summed E-state index contributed by atoms with van der Waals surface area (Å²) in [5, 5.41) is 17.3. The smallest absolute Gasteiger partial charge is 0.370 e. The van der Waals surface area contributed by atoms with Gasteiger partial charge >= 0.3 is 12.1 Å². The van der Waals surface area contributed by atoms with Crippen LogP contribution in [0.3, 0.4) is 0 Å². The zero-order chi connectivity index (χ0) is 30.6. The number of likely N-dealkylation sites (tertiary alicyclic amines) is 1. The lowest BCUT2D eigenvalue weighted by molar-refractivity contribution is -0.178. The highest BCUT2D eigenvalue weighted by atomic mass is 19.4. The Morgan fingerprint density at radius 1 is 1.20 bits per heavy atom. The molecule has 41 heavy (non-hydrogen) atoms. The molecule has 0 aromatic rings. The Hall–Kier alpha value is -2.88. The van der Waals surface area contributed by atoms with Crippen LogP contribution < -0.4 is 16.0 Å². The van der Waals surface area contributed by atoms with Gasteiger partial charge in [-0.15, -0.1) is 0 Å². The molecule has 2 aliphatic heterocycles. The van der Waals surface area contributed by atoms with E-state index in [1.807, 2.05) is 13.8 Å². The Bertz CT molecular complexity index is 1230. The first-order chi connectivity index (χ1) is 18.7. The van der Waals surface area contributed by atoms with Crippen molar-refractivity contribution in [2.45, 2.75) is 115 Å². The van der Waals surface area contributed by atoms with E-state index in [4.69, 9.17) is 4.74 Å². The summed E-state index contributed by atoms with van der Waals surface area (Å²) < 4.78 is 45.4. The van der Waals surface area contributed by atoms with Crippen LogP contribution in [-0.2, 0) is 23.9 Å². The first kappa shape index (κ1) is 29.6. The molecule has 5 fully saturated rings. The topological polar surface area (TPSA) is 141 Å². The Morgan fingerprint density at radius 2 is 1.83 bits per heavy atom. The van der Waals surface area contributed by atoms with E-state index in [0.717, 1.165) is 12.8 Å². The number of ether oxygens (including phenoxy) is 1. The van der Waals surface area contributed by atoms with Crippen LogP contribution in [-0.4, -0.2) is 76.6 Å². The molecule has 5 rings (SSSR count). The van der Waals surface area contributed by atoms with Gasteiger partial charge in [0.05, 0.1) is 17.8 Å². The summed E-state index contributed by atoms with van der Waals surface area (Å²) in [4.78, 5) is 53.4. The maximum atomic E-state index is 13.9. The van der Waals surface area contributed by atoms with Gasteiger partial charge in [-0.1, -0.05) is 13.8 Å².